The molecule has 0 bridgehead atoms. The highest BCUT2D eigenvalue weighted by molar-refractivity contribution is 6.42. The normalized spacial score (nSPS) is 12.4. The molecule has 0 aliphatic rings. The molecule has 0 saturated heterocycles. The van der Waals surface area contributed by atoms with E-state index in [-0.39, 0.29) is 6.04 Å². The molecule has 21 heavy (non-hydrogen) atoms. The van der Waals surface area contributed by atoms with Gasteiger partial charge in [-0.1, -0.05) is 60.5 Å². The molecule has 2 aromatic carbocycles. The standard InChI is InChI=1S/C18H21Cl2N/c1-4-21-16(17-12(2)7-5-8-13(17)3)11-14-9-6-10-15(19)18(14)20/h5-10,16,21H,4,11H2,1-3H3. The Kier molecular flexibility index (Phi) is 5.69. The van der Waals surface area contributed by atoms with Gasteiger partial charge >= 0.3 is 0 Å². The van der Waals surface area contributed by atoms with Crippen LogP contribution in [0, 0.1) is 13.8 Å². The Bertz CT molecular complexity index is 602. The summed E-state index contributed by atoms with van der Waals surface area (Å²) in [5.74, 6) is 0. The van der Waals surface area contributed by atoms with Crippen molar-refractivity contribution >= 4 is 23.2 Å². The average Bonchev–Trinajstić information content (AvgIpc) is 2.44. The molecule has 1 unspecified atom stereocenters. The zero-order valence-corrected chi connectivity index (χ0v) is 14.2. The van der Waals surface area contributed by atoms with E-state index in [1.165, 1.54) is 16.7 Å². The van der Waals surface area contributed by atoms with E-state index in [9.17, 15) is 0 Å². The van der Waals surface area contributed by atoms with Gasteiger partial charge in [0.05, 0.1) is 10.0 Å². The van der Waals surface area contributed by atoms with Crippen LogP contribution in [0.4, 0.5) is 0 Å². The topological polar surface area (TPSA) is 12.0 Å². The molecule has 1 atom stereocenters. The summed E-state index contributed by atoms with van der Waals surface area (Å²) < 4.78 is 0. The Morgan fingerprint density at radius 2 is 1.62 bits per heavy atom. The summed E-state index contributed by atoms with van der Waals surface area (Å²) in [5, 5.41) is 4.85. The Balaban J connectivity index is 2.38. The fourth-order valence-electron chi connectivity index (χ4n) is 2.83. The number of hydrogen-bond donors (Lipinski definition) is 1. The molecule has 2 rings (SSSR count). The van der Waals surface area contributed by atoms with E-state index >= 15 is 0 Å². The number of hydrogen-bond acceptors (Lipinski definition) is 1. The molecule has 2 aromatic rings. The van der Waals surface area contributed by atoms with Crippen LogP contribution in [0.2, 0.25) is 10.0 Å². The van der Waals surface area contributed by atoms with Gasteiger partial charge in [0.15, 0.2) is 0 Å². The maximum absolute atomic E-state index is 6.34. The molecule has 0 aromatic heterocycles. The quantitative estimate of drug-likeness (QED) is 0.766. The van der Waals surface area contributed by atoms with Gasteiger partial charge in [-0.2, -0.15) is 0 Å². The molecule has 0 heterocycles. The second kappa shape index (κ2) is 7.31. The van der Waals surface area contributed by atoms with Crippen LogP contribution in [-0.4, -0.2) is 6.54 Å². The van der Waals surface area contributed by atoms with Gasteiger partial charge in [0.2, 0.25) is 0 Å². The highest BCUT2D eigenvalue weighted by Gasteiger charge is 2.17. The van der Waals surface area contributed by atoms with Crippen LogP contribution in [-0.2, 0) is 6.42 Å². The summed E-state index contributed by atoms with van der Waals surface area (Å²) in [7, 11) is 0. The van der Waals surface area contributed by atoms with E-state index in [4.69, 9.17) is 23.2 Å². The second-order valence-electron chi connectivity index (χ2n) is 5.33. The molecule has 0 aliphatic carbocycles. The van der Waals surface area contributed by atoms with Crippen LogP contribution in [0.5, 0.6) is 0 Å². The van der Waals surface area contributed by atoms with Crippen LogP contribution in [0.3, 0.4) is 0 Å². The zero-order valence-electron chi connectivity index (χ0n) is 12.7. The SMILES string of the molecule is CCNC(Cc1cccc(Cl)c1Cl)c1c(C)cccc1C. The zero-order chi connectivity index (χ0) is 15.4. The van der Waals surface area contributed by atoms with Gasteiger partial charge < -0.3 is 5.32 Å². The highest BCUT2D eigenvalue weighted by Crippen LogP contribution is 2.31. The minimum atomic E-state index is 0.243. The fourth-order valence-corrected chi connectivity index (χ4v) is 3.22. The molecule has 0 aliphatic heterocycles. The molecule has 0 spiro atoms. The number of aryl methyl sites for hydroxylation is 2. The summed E-state index contributed by atoms with van der Waals surface area (Å²) in [6, 6.07) is 12.5. The van der Waals surface area contributed by atoms with Gasteiger partial charge in [-0.05, 0) is 55.1 Å². The van der Waals surface area contributed by atoms with Crippen LogP contribution in [0.25, 0.3) is 0 Å². The first kappa shape index (κ1) is 16.4. The second-order valence-corrected chi connectivity index (χ2v) is 6.12. The monoisotopic (exact) mass is 321 g/mol. The van der Waals surface area contributed by atoms with Crippen molar-refractivity contribution in [3.05, 3.63) is 68.7 Å². The van der Waals surface area contributed by atoms with Crippen molar-refractivity contribution in [2.24, 2.45) is 0 Å². The lowest BCUT2D eigenvalue weighted by atomic mass is 9.91. The van der Waals surface area contributed by atoms with Crippen molar-refractivity contribution in [1.29, 1.82) is 0 Å². The summed E-state index contributed by atoms with van der Waals surface area (Å²) in [5.41, 5.74) is 5.05. The molecule has 1 nitrogen and oxygen atoms in total. The first-order valence-electron chi connectivity index (χ1n) is 7.27. The third kappa shape index (κ3) is 3.79. The van der Waals surface area contributed by atoms with Gasteiger partial charge in [-0.25, -0.2) is 0 Å². The third-order valence-corrected chi connectivity index (χ3v) is 4.65. The van der Waals surface area contributed by atoms with E-state index in [1.54, 1.807) is 0 Å². The third-order valence-electron chi connectivity index (χ3n) is 3.80. The molecule has 0 saturated carbocycles. The van der Waals surface area contributed by atoms with E-state index in [0.717, 1.165) is 18.5 Å². The van der Waals surface area contributed by atoms with E-state index in [0.29, 0.717) is 10.0 Å². The van der Waals surface area contributed by atoms with Gasteiger partial charge in [0, 0.05) is 6.04 Å². The average molecular weight is 322 g/mol. The Labute approximate surface area is 137 Å². The smallest absolute Gasteiger partial charge is 0.0624 e. The van der Waals surface area contributed by atoms with Crippen LogP contribution in [0.15, 0.2) is 36.4 Å². The van der Waals surface area contributed by atoms with Crippen molar-refractivity contribution in [2.45, 2.75) is 33.2 Å². The first-order chi connectivity index (χ1) is 10.0. The van der Waals surface area contributed by atoms with Gasteiger partial charge in [-0.3, -0.25) is 0 Å². The molecule has 0 fully saturated rings. The van der Waals surface area contributed by atoms with Crippen LogP contribution in [0.1, 0.15) is 35.2 Å². The Morgan fingerprint density at radius 1 is 1.00 bits per heavy atom. The lowest BCUT2D eigenvalue weighted by Gasteiger charge is -2.23. The largest absolute Gasteiger partial charge is 0.310 e. The van der Waals surface area contributed by atoms with E-state index < -0.39 is 0 Å². The Hall–Kier alpha value is -1.02. The number of likely N-dealkylation sites (N-methyl/N-ethyl adjacent to an activating group) is 1. The number of benzene rings is 2. The lowest BCUT2D eigenvalue weighted by molar-refractivity contribution is 0.545. The lowest BCUT2D eigenvalue weighted by Crippen LogP contribution is -2.24. The minimum Gasteiger partial charge on any atom is -0.310 e. The molecular formula is C18H21Cl2N. The van der Waals surface area contributed by atoms with Crippen LogP contribution >= 0.6 is 23.2 Å². The highest BCUT2D eigenvalue weighted by atomic mass is 35.5. The van der Waals surface area contributed by atoms with Crippen LogP contribution < -0.4 is 5.32 Å². The summed E-state index contributed by atoms with van der Waals surface area (Å²) in [6.45, 7) is 7.36. The fraction of sp³-hybridized carbons (Fsp3) is 0.333. The molecule has 0 radical (unpaired) electrons. The van der Waals surface area contributed by atoms with Gasteiger partial charge in [-0.15, -0.1) is 0 Å². The number of halogens is 2. The van der Waals surface area contributed by atoms with Gasteiger partial charge in [0.25, 0.3) is 0 Å². The summed E-state index contributed by atoms with van der Waals surface area (Å²) in [6.07, 6.45) is 0.832. The summed E-state index contributed by atoms with van der Waals surface area (Å²) >= 11 is 12.5. The Morgan fingerprint density at radius 3 is 2.24 bits per heavy atom. The van der Waals surface area contributed by atoms with Crippen molar-refractivity contribution in [2.75, 3.05) is 6.54 Å². The molecule has 112 valence electrons. The maximum Gasteiger partial charge on any atom is 0.0624 e. The molecule has 0 amide bonds. The van der Waals surface area contributed by atoms with E-state index in [2.05, 4.69) is 44.3 Å². The minimum absolute atomic E-state index is 0.243. The maximum atomic E-state index is 6.34. The number of nitrogens with one attached hydrogen (secondary N) is 1. The molecule has 3 heteroatoms. The van der Waals surface area contributed by atoms with Crippen molar-refractivity contribution < 1.29 is 0 Å². The first-order valence-corrected chi connectivity index (χ1v) is 8.02. The number of rotatable bonds is 5. The van der Waals surface area contributed by atoms with Gasteiger partial charge in [0.1, 0.15) is 0 Å². The van der Waals surface area contributed by atoms with E-state index in [1.807, 2.05) is 18.2 Å². The molecule has 1 N–H and O–H groups in total. The van der Waals surface area contributed by atoms with Crippen molar-refractivity contribution in [3.63, 3.8) is 0 Å². The molecular weight excluding hydrogens is 301 g/mol. The summed E-state index contributed by atoms with van der Waals surface area (Å²) in [4.78, 5) is 0. The predicted molar refractivity (Wildman–Crippen MR) is 92.5 cm³/mol. The van der Waals surface area contributed by atoms with Crippen molar-refractivity contribution in [1.82, 2.24) is 5.32 Å². The van der Waals surface area contributed by atoms with Crippen molar-refractivity contribution in [3.8, 4) is 0 Å². The predicted octanol–water partition coefficient (Wildman–Crippen LogP) is 5.50.